The second-order valence-corrected chi connectivity index (χ2v) is 6.39. The molecule has 122 valence electrons. The summed E-state index contributed by atoms with van der Waals surface area (Å²) in [4.78, 5) is 6.51. The van der Waals surface area contributed by atoms with Gasteiger partial charge in [0.2, 0.25) is 0 Å². The van der Waals surface area contributed by atoms with Gasteiger partial charge in [0.05, 0.1) is 6.10 Å². The van der Waals surface area contributed by atoms with Crippen LogP contribution in [0.2, 0.25) is 5.15 Å². The van der Waals surface area contributed by atoms with Gasteiger partial charge in [0.1, 0.15) is 5.15 Å². The molecule has 2 N–H and O–H groups in total. The van der Waals surface area contributed by atoms with Crippen LogP contribution in [-0.4, -0.2) is 34.2 Å². The topological polar surface area (TPSA) is 48.4 Å². The number of aromatic nitrogens is 1. The van der Waals surface area contributed by atoms with Crippen LogP contribution in [0.3, 0.4) is 0 Å². The number of benzene rings is 1. The Labute approximate surface area is 142 Å². The first-order chi connectivity index (χ1) is 11.2. The summed E-state index contributed by atoms with van der Waals surface area (Å²) in [6.07, 6.45) is 3.40. The smallest absolute Gasteiger partial charge is 0.129 e. The second-order valence-electron chi connectivity index (χ2n) is 6.01. The maximum atomic E-state index is 9.62. The van der Waals surface area contributed by atoms with Crippen LogP contribution in [0.1, 0.15) is 24.0 Å². The summed E-state index contributed by atoms with van der Waals surface area (Å²) in [6.45, 7) is 3.54. The SMILES string of the molecule is OC1CCN(Cc2ccccc2NCc2ccc(Cl)nc2)CC1. The summed E-state index contributed by atoms with van der Waals surface area (Å²) >= 11 is 5.82. The molecule has 2 aromatic rings. The van der Waals surface area contributed by atoms with Crippen LogP contribution in [0.4, 0.5) is 5.69 Å². The number of para-hydroxylation sites is 1. The Morgan fingerprint density at radius 1 is 1.17 bits per heavy atom. The van der Waals surface area contributed by atoms with Gasteiger partial charge in [-0.05, 0) is 36.1 Å². The number of aliphatic hydroxyl groups is 1. The Morgan fingerprint density at radius 3 is 2.70 bits per heavy atom. The zero-order valence-corrected chi connectivity index (χ0v) is 13.8. The van der Waals surface area contributed by atoms with E-state index in [-0.39, 0.29) is 6.10 Å². The minimum absolute atomic E-state index is 0.128. The van der Waals surface area contributed by atoms with Gasteiger partial charge in [-0.2, -0.15) is 0 Å². The molecule has 2 heterocycles. The molecule has 0 radical (unpaired) electrons. The van der Waals surface area contributed by atoms with Crippen LogP contribution >= 0.6 is 11.6 Å². The van der Waals surface area contributed by atoms with Crippen molar-refractivity contribution in [1.29, 1.82) is 0 Å². The Hall–Kier alpha value is -1.62. The molecule has 0 amide bonds. The van der Waals surface area contributed by atoms with E-state index in [0.717, 1.165) is 50.3 Å². The molecule has 4 nitrogen and oxygen atoms in total. The predicted molar refractivity (Wildman–Crippen MR) is 93.5 cm³/mol. The largest absolute Gasteiger partial charge is 0.393 e. The van der Waals surface area contributed by atoms with Crippen molar-refractivity contribution >= 4 is 17.3 Å². The molecule has 1 aliphatic rings. The van der Waals surface area contributed by atoms with Gasteiger partial charge in [-0.3, -0.25) is 4.90 Å². The third-order valence-electron chi connectivity index (χ3n) is 4.24. The number of pyridine rings is 1. The van der Waals surface area contributed by atoms with Crippen LogP contribution < -0.4 is 5.32 Å². The van der Waals surface area contributed by atoms with Crippen molar-refractivity contribution in [3.05, 3.63) is 58.9 Å². The monoisotopic (exact) mass is 331 g/mol. The number of piperidine rings is 1. The van der Waals surface area contributed by atoms with E-state index in [2.05, 4.69) is 33.4 Å². The van der Waals surface area contributed by atoms with Crippen molar-refractivity contribution < 1.29 is 5.11 Å². The number of rotatable bonds is 5. The van der Waals surface area contributed by atoms with E-state index in [4.69, 9.17) is 11.6 Å². The predicted octanol–water partition coefficient (Wildman–Crippen LogP) is 3.30. The van der Waals surface area contributed by atoms with Crippen molar-refractivity contribution in [2.75, 3.05) is 18.4 Å². The van der Waals surface area contributed by atoms with Gasteiger partial charge in [0.15, 0.2) is 0 Å². The van der Waals surface area contributed by atoms with Gasteiger partial charge in [-0.25, -0.2) is 4.98 Å². The Kier molecular flexibility index (Phi) is 5.49. The van der Waals surface area contributed by atoms with Crippen LogP contribution in [0.15, 0.2) is 42.6 Å². The van der Waals surface area contributed by atoms with Crippen LogP contribution in [0.5, 0.6) is 0 Å². The lowest BCUT2D eigenvalue weighted by Gasteiger charge is -2.30. The van der Waals surface area contributed by atoms with Crippen molar-refractivity contribution in [2.24, 2.45) is 0 Å². The molecular weight excluding hydrogens is 310 g/mol. The maximum Gasteiger partial charge on any atom is 0.129 e. The summed E-state index contributed by atoms with van der Waals surface area (Å²) in [5.74, 6) is 0. The second kappa shape index (κ2) is 7.77. The van der Waals surface area contributed by atoms with Crippen molar-refractivity contribution in [2.45, 2.75) is 32.0 Å². The van der Waals surface area contributed by atoms with Gasteiger partial charge < -0.3 is 10.4 Å². The van der Waals surface area contributed by atoms with Crippen molar-refractivity contribution in [3.63, 3.8) is 0 Å². The molecule has 0 aliphatic carbocycles. The molecule has 0 bridgehead atoms. The number of halogens is 1. The third-order valence-corrected chi connectivity index (χ3v) is 4.46. The molecule has 3 rings (SSSR count). The van der Waals surface area contributed by atoms with Gasteiger partial charge >= 0.3 is 0 Å². The van der Waals surface area contributed by atoms with E-state index in [1.165, 1.54) is 5.56 Å². The first-order valence-corrected chi connectivity index (χ1v) is 8.41. The first kappa shape index (κ1) is 16.2. The molecule has 1 aromatic heterocycles. The fourth-order valence-electron chi connectivity index (χ4n) is 2.86. The molecular formula is C18H22ClN3O. The standard InChI is InChI=1S/C18H22ClN3O/c19-18-6-5-14(12-21-18)11-20-17-4-2-1-3-15(17)13-22-9-7-16(23)8-10-22/h1-6,12,16,20,23H,7-11,13H2. The molecule has 5 heteroatoms. The quantitative estimate of drug-likeness (QED) is 0.825. The fraction of sp³-hybridized carbons (Fsp3) is 0.389. The van der Waals surface area contributed by atoms with E-state index >= 15 is 0 Å². The van der Waals surface area contributed by atoms with Gasteiger partial charge in [-0.1, -0.05) is 35.9 Å². The summed E-state index contributed by atoms with van der Waals surface area (Å²) in [6, 6.07) is 12.2. The van der Waals surface area contributed by atoms with Crippen molar-refractivity contribution in [3.8, 4) is 0 Å². The zero-order chi connectivity index (χ0) is 16.1. The Bertz CT molecular complexity index is 624. The first-order valence-electron chi connectivity index (χ1n) is 8.03. The highest BCUT2D eigenvalue weighted by Gasteiger charge is 2.17. The molecule has 0 saturated carbocycles. The van der Waals surface area contributed by atoms with E-state index in [1.54, 1.807) is 6.20 Å². The lowest BCUT2D eigenvalue weighted by atomic mass is 10.1. The van der Waals surface area contributed by atoms with Crippen molar-refractivity contribution in [1.82, 2.24) is 9.88 Å². The van der Waals surface area contributed by atoms with Crippen LogP contribution in [-0.2, 0) is 13.1 Å². The number of nitrogens with zero attached hydrogens (tertiary/aromatic N) is 2. The lowest BCUT2D eigenvalue weighted by Crippen LogP contribution is -2.35. The van der Waals surface area contributed by atoms with E-state index in [9.17, 15) is 5.11 Å². The van der Waals surface area contributed by atoms with Gasteiger partial charge in [0.25, 0.3) is 0 Å². The molecule has 1 saturated heterocycles. The van der Waals surface area contributed by atoms with E-state index in [1.807, 2.05) is 18.2 Å². The van der Waals surface area contributed by atoms with E-state index < -0.39 is 0 Å². The number of nitrogens with one attached hydrogen (secondary N) is 1. The molecule has 0 spiro atoms. The molecule has 0 unspecified atom stereocenters. The number of hydrogen-bond acceptors (Lipinski definition) is 4. The summed E-state index contributed by atoms with van der Waals surface area (Å²) < 4.78 is 0. The minimum atomic E-state index is -0.128. The average molecular weight is 332 g/mol. The highest BCUT2D eigenvalue weighted by Crippen LogP contribution is 2.20. The average Bonchev–Trinajstić information content (AvgIpc) is 2.58. The molecule has 1 aliphatic heterocycles. The lowest BCUT2D eigenvalue weighted by molar-refractivity contribution is 0.0793. The highest BCUT2D eigenvalue weighted by atomic mass is 35.5. The number of aliphatic hydroxyl groups excluding tert-OH is 1. The maximum absolute atomic E-state index is 9.62. The molecule has 1 aromatic carbocycles. The summed E-state index contributed by atoms with van der Waals surface area (Å²) in [5.41, 5.74) is 3.53. The normalized spacial score (nSPS) is 16.4. The third kappa shape index (κ3) is 4.67. The Balaban J connectivity index is 1.62. The zero-order valence-electron chi connectivity index (χ0n) is 13.1. The highest BCUT2D eigenvalue weighted by molar-refractivity contribution is 6.29. The number of likely N-dealkylation sites (tertiary alicyclic amines) is 1. The molecule has 23 heavy (non-hydrogen) atoms. The van der Waals surface area contributed by atoms with E-state index in [0.29, 0.717) is 5.15 Å². The van der Waals surface area contributed by atoms with Crippen LogP contribution in [0, 0.1) is 0 Å². The minimum Gasteiger partial charge on any atom is -0.393 e. The Morgan fingerprint density at radius 2 is 1.96 bits per heavy atom. The fourth-order valence-corrected chi connectivity index (χ4v) is 2.97. The molecule has 0 atom stereocenters. The van der Waals surface area contributed by atoms with Gasteiger partial charge in [0, 0.05) is 38.1 Å². The van der Waals surface area contributed by atoms with Gasteiger partial charge in [-0.15, -0.1) is 0 Å². The summed E-state index contributed by atoms with van der Waals surface area (Å²) in [7, 11) is 0. The number of hydrogen-bond donors (Lipinski definition) is 2. The van der Waals surface area contributed by atoms with Crippen LogP contribution in [0.25, 0.3) is 0 Å². The molecule has 1 fully saturated rings. The number of anilines is 1. The summed E-state index contributed by atoms with van der Waals surface area (Å²) in [5, 5.41) is 13.6.